The number of rotatable bonds is 1. The predicted octanol–water partition coefficient (Wildman–Crippen LogP) is 1.71. The Morgan fingerprint density at radius 2 is 1.93 bits per heavy atom. The monoisotopic (exact) mass is 222 g/mol. The number of benzene rings is 1. The van der Waals surface area contributed by atoms with E-state index in [9.17, 15) is 13.2 Å². The molecule has 0 fully saturated rings. The Kier molecular flexibility index (Phi) is 2.04. The second-order valence-corrected chi connectivity index (χ2v) is 5.40. The molecule has 1 aliphatic rings. The van der Waals surface area contributed by atoms with E-state index in [-0.39, 0.29) is 16.3 Å². The number of carbonyl (C=O) groups excluding carboxylic acids is 1. The molecule has 0 amide bonds. The molecular weight excluding hydrogens is 212 g/mol. The average molecular weight is 222 g/mol. The quantitative estimate of drug-likeness (QED) is 0.726. The lowest BCUT2D eigenvalue weighted by molar-refractivity contribution is -0.111. The first-order valence-corrected chi connectivity index (χ1v) is 6.05. The number of sulfone groups is 1. The minimum absolute atomic E-state index is 0.221. The van der Waals surface area contributed by atoms with Gasteiger partial charge in [-0.15, -0.1) is 0 Å². The van der Waals surface area contributed by atoms with Gasteiger partial charge in [-0.1, -0.05) is 12.1 Å². The number of aryl methyl sites for hydroxylation is 1. The number of carbonyl (C=O) groups is 1. The van der Waals surface area contributed by atoms with E-state index >= 15 is 0 Å². The predicted molar refractivity (Wildman–Crippen MR) is 57.0 cm³/mol. The number of hydrogen-bond donors (Lipinski definition) is 0. The molecule has 1 aromatic carbocycles. The number of ketones is 1. The maximum absolute atomic E-state index is 11.7. The lowest BCUT2D eigenvalue weighted by atomic mass is 10.0. The van der Waals surface area contributed by atoms with Crippen molar-refractivity contribution in [2.45, 2.75) is 18.7 Å². The van der Waals surface area contributed by atoms with Crippen molar-refractivity contribution in [1.29, 1.82) is 0 Å². The van der Waals surface area contributed by atoms with Crippen LogP contribution in [0.4, 0.5) is 0 Å². The first-order chi connectivity index (χ1) is 6.92. The molecule has 0 atom stereocenters. The fourth-order valence-corrected chi connectivity index (χ4v) is 3.21. The van der Waals surface area contributed by atoms with E-state index in [1.165, 1.54) is 6.92 Å². The van der Waals surface area contributed by atoms with Gasteiger partial charge in [0, 0.05) is 16.5 Å². The lowest BCUT2D eigenvalue weighted by Gasteiger charge is -2.01. The molecule has 4 heteroatoms. The fourth-order valence-electron chi connectivity index (χ4n) is 1.64. The van der Waals surface area contributed by atoms with Gasteiger partial charge in [0.1, 0.15) is 0 Å². The minimum Gasteiger partial charge on any atom is -0.294 e. The van der Waals surface area contributed by atoms with Crippen LogP contribution in [-0.4, -0.2) is 14.2 Å². The van der Waals surface area contributed by atoms with Crippen LogP contribution < -0.4 is 0 Å². The van der Waals surface area contributed by atoms with Gasteiger partial charge in [-0.2, -0.15) is 0 Å². The fraction of sp³-hybridized carbons (Fsp3) is 0.182. The van der Waals surface area contributed by atoms with Gasteiger partial charge in [-0.3, -0.25) is 4.79 Å². The van der Waals surface area contributed by atoms with Crippen molar-refractivity contribution >= 4 is 21.2 Å². The van der Waals surface area contributed by atoms with Crippen molar-refractivity contribution in [3.63, 3.8) is 0 Å². The Labute approximate surface area is 88.3 Å². The maximum Gasteiger partial charge on any atom is 0.201 e. The van der Waals surface area contributed by atoms with Crippen LogP contribution in [0.5, 0.6) is 0 Å². The molecule has 0 N–H and O–H groups in total. The molecule has 0 aliphatic carbocycles. The van der Waals surface area contributed by atoms with E-state index in [2.05, 4.69) is 0 Å². The van der Waals surface area contributed by atoms with Gasteiger partial charge in [-0.25, -0.2) is 8.42 Å². The number of hydrogen-bond acceptors (Lipinski definition) is 3. The summed E-state index contributed by atoms with van der Waals surface area (Å²) in [5.74, 6) is -0.221. The van der Waals surface area contributed by atoms with Gasteiger partial charge in [0.25, 0.3) is 0 Å². The number of fused-ring (bicyclic) bond motifs is 1. The molecule has 0 saturated carbocycles. The normalized spacial score (nSPS) is 17.1. The summed E-state index contributed by atoms with van der Waals surface area (Å²) in [5, 5.41) is 1.05. The maximum atomic E-state index is 11.7. The number of Topliss-reactive ketones (excluding diaryl/α,β-unsaturated/α-hetero) is 1. The molecule has 1 aromatic rings. The van der Waals surface area contributed by atoms with Crippen LogP contribution in [0.3, 0.4) is 0 Å². The van der Waals surface area contributed by atoms with Crippen molar-refractivity contribution in [2.75, 3.05) is 0 Å². The molecule has 0 bridgehead atoms. The third-order valence-corrected chi connectivity index (χ3v) is 3.88. The molecule has 0 radical (unpaired) electrons. The Morgan fingerprint density at radius 1 is 1.27 bits per heavy atom. The summed E-state index contributed by atoms with van der Waals surface area (Å²) < 4.78 is 23.4. The average Bonchev–Trinajstić information content (AvgIpc) is 2.39. The summed E-state index contributed by atoms with van der Waals surface area (Å²) in [6, 6.07) is 5.08. The van der Waals surface area contributed by atoms with E-state index in [0.29, 0.717) is 5.56 Å². The Morgan fingerprint density at radius 3 is 2.53 bits per heavy atom. The van der Waals surface area contributed by atoms with E-state index in [1.54, 1.807) is 18.2 Å². The second-order valence-electron chi connectivity index (χ2n) is 3.63. The van der Waals surface area contributed by atoms with E-state index < -0.39 is 9.84 Å². The van der Waals surface area contributed by atoms with Gasteiger partial charge < -0.3 is 0 Å². The molecule has 0 aromatic heterocycles. The van der Waals surface area contributed by atoms with Crippen molar-refractivity contribution in [3.05, 3.63) is 34.7 Å². The SMILES string of the molecule is CC(=O)C1=CS(=O)(=O)c2cc(C)ccc21. The molecule has 78 valence electrons. The van der Waals surface area contributed by atoms with Gasteiger partial charge in [0.2, 0.25) is 9.84 Å². The Balaban J connectivity index is 2.79. The summed E-state index contributed by atoms with van der Waals surface area (Å²) >= 11 is 0. The van der Waals surface area contributed by atoms with Gasteiger partial charge in [0.15, 0.2) is 5.78 Å². The van der Waals surface area contributed by atoms with Gasteiger partial charge >= 0.3 is 0 Å². The highest BCUT2D eigenvalue weighted by Gasteiger charge is 2.28. The summed E-state index contributed by atoms with van der Waals surface area (Å²) in [6.45, 7) is 3.19. The van der Waals surface area contributed by atoms with Gasteiger partial charge in [0.05, 0.1) is 4.90 Å². The van der Waals surface area contributed by atoms with Crippen LogP contribution in [0.1, 0.15) is 18.1 Å². The lowest BCUT2D eigenvalue weighted by Crippen LogP contribution is -1.95. The van der Waals surface area contributed by atoms with Crippen LogP contribution in [0, 0.1) is 6.92 Å². The molecule has 15 heavy (non-hydrogen) atoms. The molecule has 0 spiro atoms. The topological polar surface area (TPSA) is 51.2 Å². The van der Waals surface area contributed by atoms with Crippen LogP contribution in [0.25, 0.3) is 5.57 Å². The van der Waals surface area contributed by atoms with E-state index in [4.69, 9.17) is 0 Å². The highest BCUT2D eigenvalue weighted by atomic mass is 32.2. The van der Waals surface area contributed by atoms with Crippen LogP contribution in [0.2, 0.25) is 0 Å². The zero-order valence-electron chi connectivity index (χ0n) is 8.44. The van der Waals surface area contributed by atoms with Crippen LogP contribution in [0.15, 0.2) is 28.5 Å². The van der Waals surface area contributed by atoms with E-state index in [0.717, 1.165) is 11.0 Å². The minimum atomic E-state index is -3.41. The molecular formula is C11H10O3S. The molecule has 0 saturated heterocycles. The molecule has 1 heterocycles. The highest BCUT2D eigenvalue weighted by Crippen LogP contribution is 2.34. The smallest absolute Gasteiger partial charge is 0.201 e. The van der Waals surface area contributed by atoms with E-state index in [1.807, 2.05) is 6.92 Å². The summed E-state index contributed by atoms with van der Waals surface area (Å²) in [5.41, 5.74) is 1.67. The summed E-state index contributed by atoms with van der Waals surface area (Å²) in [6.07, 6.45) is 0. The second kappa shape index (κ2) is 3.03. The largest absolute Gasteiger partial charge is 0.294 e. The van der Waals surface area contributed by atoms with Crippen molar-refractivity contribution < 1.29 is 13.2 Å². The Hall–Kier alpha value is -1.42. The molecule has 0 unspecified atom stereocenters. The zero-order valence-corrected chi connectivity index (χ0v) is 9.26. The summed E-state index contributed by atoms with van der Waals surface area (Å²) in [7, 11) is -3.41. The standard InChI is InChI=1S/C11H10O3S/c1-7-3-4-9-10(8(2)12)6-15(13,14)11(9)5-7/h3-6H,1-2H3. The summed E-state index contributed by atoms with van der Waals surface area (Å²) in [4.78, 5) is 11.5. The Bertz CT molecular complexity index is 580. The van der Waals surface area contributed by atoms with Gasteiger partial charge in [-0.05, 0) is 25.5 Å². The van der Waals surface area contributed by atoms with Crippen molar-refractivity contribution in [1.82, 2.24) is 0 Å². The molecule has 2 rings (SSSR count). The van der Waals surface area contributed by atoms with Crippen molar-refractivity contribution in [2.24, 2.45) is 0 Å². The molecule has 3 nitrogen and oxygen atoms in total. The van der Waals surface area contributed by atoms with Crippen LogP contribution in [-0.2, 0) is 14.6 Å². The molecule has 1 aliphatic heterocycles. The highest BCUT2D eigenvalue weighted by molar-refractivity contribution is 7.95. The van der Waals surface area contributed by atoms with Crippen LogP contribution >= 0.6 is 0 Å². The first-order valence-electron chi connectivity index (χ1n) is 4.50. The zero-order chi connectivity index (χ0) is 11.2. The third-order valence-electron chi connectivity index (χ3n) is 2.39. The third kappa shape index (κ3) is 1.51. The number of allylic oxidation sites excluding steroid dienone is 1. The first kappa shape index (κ1) is 10.1. The van der Waals surface area contributed by atoms with Crippen molar-refractivity contribution in [3.8, 4) is 0 Å².